The second-order valence-corrected chi connectivity index (χ2v) is 10.4. The van der Waals surface area contributed by atoms with Gasteiger partial charge in [-0.3, -0.25) is 14.1 Å². The maximum atomic E-state index is 12.6. The second kappa shape index (κ2) is 12.1. The van der Waals surface area contributed by atoms with E-state index in [-0.39, 0.29) is 12.5 Å². The summed E-state index contributed by atoms with van der Waals surface area (Å²) in [7, 11) is 1.31. The van der Waals surface area contributed by atoms with E-state index in [9.17, 15) is 18.4 Å². The van der Waals surface area contributed by atoms with Gasteiger partial charge in [0, 0.05) is 23.9 Å². The molecule has 0 saturated carbocycles. The molecule has 0 radical (unpaired) electrons. The van der Waals surface area contributed by atoms with Crippen LogP contribution in [0, 0.1) is 5.92 Å². The van der Waals surface area contributed by atoms with Gasteiger partial charge in [0.2, 0.25) is 5.91 Å². The number of nitrogens with zero attached hydrogens (tertiary/aromatic N) is 1. The van der Waals surface area contributed by atoms with Gasteiger partial charge in [-0.05, 0) is 35.1 Å². The number of nitrogens with one attached hydrogen (secondary N) is 1. The van der Waals surface area contributed by atoms with Crippen molar-refractivity contribution in [2.75, 3.05) is 11.8 Å². The van der Waals surface area contributed by atoms with Crippen molar-refractivity contribution in [2.45, 2.75) is 39.8 Å². The van der Waals surface area contributed by atoms with Crippen molar-refractivity contribution in [2.24, 2.45) is 5.92 Å². The van der Waals surface area contributed by atoms with Crippen LogP contribution in [0.15, 0.2) is 60.7 Å². The molecule has 0 aliphatic carbocycles. The number of amides is 1. The first-order valence-electron chi connectivity index (χ1n) is 11.2. The molecule has 3 aromatic rings. The summed E-state index contributed by atoms with van der Waals surface area (Å²) in [5.74, 6) is -0.297. The summed E-state index contributed by atoms with van der Waals surface area (Å²) in [4.78, 5) is 27.8. The lowest BCUT2D eigenvalue weighted by Gasteiger charge is -2.29. The van der Waals surface area contributed by atoms with Crippen LogP contribution in [0.2, 0.25) is 0 Å². The van der Waals surface area contributed by atoms with E-state index < -0.39 is 23.3 Å². The third-order valence-electron chi connectivity index (χ3n) is 5.45. The second-order valence-electron chi connectivity index (χ2n) is 8.58. The molecular weight excluding hydrogens is 484 g/mol. The highest BCUT2D eigenvalue weighted by Gasteiger charge is 2.30. The third-order valence-corrected chi connectivity index (χ3v) is 7.03. The molecule has 2 atom stereocenters. The van der Waals surface area contributed by atoms with Crippen molar-refractivity contribution in [3.8, 4) is 11.1 Å². The Morgan fingerprint density at radius 3 is 2.31 bits per heavy atom. The van der Waals surface area contributed by atoms with Gasteiger partial charge in [0.05, 0.1) is 7.11 Å². The van der Waals surface area contributed by atoms with Crippen molar-refractivity contribution in [1.82, 2.24) is 4.90 Å². The van der Waals surface area contributed by atoms with Gasteiger partial charge in [0.1, 0.15) is 5.00 Å². The van der Waals surface area contributed by atoms with Gasteiger partial charge >= 0.3 is 5.97 Å². The molecule has 9 heteroatoms. The Morgan fingerprint density at radius 2 is 1.77 bits per heavy atom. The first-order chi connectivity index (χ1) is 16.7. The lowest BCUT2D eigenvalue weighted by molar-refractivity contribution is -0.153. The van der Waals surface area contributed by atoms with Gasteiger partial charge < -0.3 is 9.64 Å². The number of methoxy groups -OCH3 is 1. The number of rotatable bonds is 10. The summed E-state index contributed by atoms with van der Waals surface area (Å²) in [6.07, 6.45) is 0.872. The summed E-state index contributed by atoms with van der Waals surface area (Å²) >= 11 is -0.705. The molecular formula is C26H30N2O5S2. The van der Waals surface area contributed by atoms with Gasteiger partial charge in [0.15, 0.2) is 6.04 Å². The Hall–Kier alpha value is -3.01. The molecule has 35 heavy (non-hydrogen) atoms. The summed E-state index contributed by atoms with van der Waals surface area (Å²) in [5, 5.41) is 0.634. The first kappa shape index (κ1) is 26.6. The number of benzene rings is 2. The fraction of sp³-hybridized carbons (Fsp3) is 0.308. The average Bonchev–Trinajstić information content (AvgIpc) is 3.20. The fourth-order valence-corrected chi connectivity index (χ4v) is 5.67. The minimum Gasteiger partial charge on any atom is -0.467 e. The van der Waals surface area contributed by atoms with Gasteiger partial charge in [-0.1, -0.05) is 68.4 Å². The number of carbonyl (C=O) groups excluding carboxylic acids is 2. The molecule has 1 heterocycles. The Kier molecular flexibility index (Phi) is 9.20. The maximum absolute atomic E-state index is 12.6. The molecule has 186 valence electrons. The minimum atomic E-state index is -2.17. The monoisotopic (exact) mass is 514 g/mol. The van der Waals surface area contributed by atoms with E-state index in [0.29, 0.717) is 16.5 Å². The van der Waals surface area contributed by atoms with Crippen LogP contribution in [0.1, 0.15) is 42.8 Å². The largest absolute Gasteiger partial charge is 0.467 e. The number of esters is 1. The van der Waals surface area contributed by atoms with E-state index in [0.717, 1.165) is 28.0 Å². The number of ether oxygens (including phenoxy) is 1. The van der Waals surface area contributed by atoms with Crippen LogP contribution in [0.25, 0.3) is 11.1 Å². The van der Waals surface area contributed by atoms with E-state index >= 15 is 0 Å². The molecule has 2 aromatic carbocycles. The van der Waals surface area contributed by atoms with Crippen LogP contribution in [0.3, 0.4) is 0 Å². The molecule has 0 aliphatic heterocycles. The van der Waals surface area contributed by atoms with E-state index in [4.69, 9.17) is 4.74 Å². The maximum Gasteiger partial charge on any atom is 0.333 e. The Labute approximate surface area is 212 Å². The smallest absolute Gasteiger partial charge is 0.333 e. The third kappa shape index (κ3) is 7.00. The first-order valence-corrected chi connectivity index (χ1v) is 13.1. The number of anilines is 1. The summed E-state index contributed by atoms with van der Waals surface area (Å²) in [6.45, 7) is 5.91. The predicted molar refractivity (Wildman–Crippen MR) is 140 cm³/mol. The molecule has 2 N–H and O–H groups in total. The lowest BCUT2D eigenvalue weighted by Crippen LogP contribution is -2.37. The van der Waals surface area contributed by atoms with Crippen LogP contribution in [-0.4, -0.2) is 32.6 Å². The van der Waals surface area contributed by atoms with Crippen molar-refractivity contribution >= 4 is 39.5 Å². The van der Waals surface area contributed by atoms with Crippen LogP contribution < -0.4 is 4.72 Å². The highest BCUT2D eigenvalue weighted by molar-refractivity contribution is 7.80. The molecule has 3 rings (SSSR count). The normalized spacial score (nSPS) is 12.7. The van der Waals surface area contributed by atoms with Crippen LogP contribution in [0.5, 0.6) is 0 Å². The zero-order valence-electron chi connectivity index (χ0n) is 20.2. The molecule has 0 spiro atoms. The molecule has 1 aromatic heterocycles. The van der Waals surface area contributed by atoms with Crippen molar-refractivity contribution < 1.29 is 23.1 Å². The van der Waals surface area contributed by atoms with Crippen LogP contribution in [-0.2, 0) is 38.6 Å². The van der Waals surface area contributed by atoms with Gasteiger partial charge in [-0.25, -0.2) is 9.00 Å². The van der Waals surface area contributed by atoms with Crippen LogP contribution >= 0.6 is 11.3 Å². The summed E-state index contributed by atoms with van der Waals surface area (Å²) in [6, 6.07) is 17.9. The quantitative estimate of drug-likeness (QED) is 0.278. The van der Waals surface area contributed by atoms with Crippen molar-refractivity contribution in [1.29, 1.82) is 0 Å². The highest BCUT2D eigenvalue weighted by Crippen LogP contribution is 2.38. The Balaban J connectivity index is 1.90. The number of thiophene rings is 1. The van der Waals surface area contributed by atoms with Crippen molar-refractivity contribution in [3.63, 3.8) is 0 Å². The molecule has 0 fully saturated rings. The summed E-state index contributed by atoms with van der Waals surface area (Å²) < 4.78 is 28.4. The molecule has 0 aliphatic rings. The number of carbonyl (C=O) groups is 2. The standard InChI is InChI=1S/C26H30N2O5S2/c1-17(2)14-22-15-23(25(34-22)27-35(31)32)20-12-10-19(11-13-20)16-28(18(3)29)24(26(30)33-4)21-8-6-5-7-9-21/h5-13,15,17,24,27H,14,16H2,1-4H3,(H,31,32)/t24-/m0/s1. The van der Waals surface area contributed by atoms with Crippen molar-refractivity contribution in [3.05, 3.63) is 76.7 Å². The highest BCUT2D eigenvalue weighted by atomic mass is 32.2. The van der Waals surface area contributed by atoms with E-state index in [2.05, 4.69) is 18.6 Å². The molecule has 0 saturated heterocycles. The minimum absolute atomic E-state index is 0.221. The zero-order valence-corrected chi connectivity index (χ0v) is 21.8. The summed E-state index contributed by atoms with van der Waals surface area (Å²) in [5.41, 5.74) is 3.25. The SMILES string of the molecule is COC(=O)[C@H](c1ccccc1)N(Cc1ccc(-c2cc(CC(C)C)sc2NS(=O)O)cc1)C(C)=O. The molecule has 0 bridgehead atoms. The van der Waals surface area contributed by atoms with E-state index in [1.54, 1.807) is 12.1 Å². The number of hydrogen-bond donors (Lipinski definition) is 2. The van der Waals surface area contributed by atoms with Gasteiger partial charge in [-0.15, -0.1) is 11.3 Å². The topological polar surface area (TPSA) is 95.9 Å². The predicted octanol–water partition coefficient (Wildman–Crippen LogP) is 5.43. The van der Waals surface area contributed by atoms with Gasteiger partial charge in [-0.2, -0.15) is 0 Å². The fourth-order valence-electron chi connectivity index (χ4n) is 3.88. The molecule has 7 nitrogen and oxygen atoms in total. The van der Waals surface area contributed by atoms with E-state index in [1.165, 1.54) is 30.3 Å². The lowest BCUT2D eigenvalue weighted by atomic mass is 10.0. The Morgan fingerprint density at radius 1 is 1.11 bits per heavy atom. The molecule has 1 amide bonds. The van der Waals surface area contributed by atoms with Crippen LogP contribution in [0.4, 0.5) is 5.00 Å². The Bertz CT molecular complexity index is 1180. The number of hydrogen-bond acceptors (Lipinski definition) is 5. The van der Waals surface area contributed by atoms with Gasteiger partial charge in [0.25, 0.3) is 11.3 Å². The molecule has 1 unspecified atom stereocenters. The van der Waals surface area contributed by atoms with E-state index in [1.807, 2.05) is 48.5 Å². The zero-order chi connectivity index (χ0) is 25.5. The average molecular weight is 515 g/mol.